The molecule has 15 heavy (non-hydrogen) atoms. The van der Waals surface area contributed by atoms with Crippen LogP contribution >= 0.6 is 0 Å². The summed E-state index contributed by atoms with van der Waals surface area (Å²) in [6.07, 6.45) is -1.04. The molecule has 1 heterocycles. The number of hydrogen-bond donors (Lipinski definition) is 1. The molecule has 0 aliphatic carbocycles. The third-order valence-corrected chi connectivity index (χ3v) is 3.39. The molecule has 7 heteroatoms. The summed E-state index contributed by atoms with van der Waals surface area (Å²) in [7, 11) is -4.07. The van der Waals surface area contributed by atoms with Crippen LogP contribution in [-0.2, 0) is 14.5 Å². The van der Waals surface area contributed by atoms with E-state index in [4.69, 9.17) is 5.11 Å². The smallest absolute Gasteiger partial charge is 0.423 e. The van der Waals surface area contributed by atoms with E-state index < -0.39 is 22.4 Å². The summed E-state index contributed by atoms with van der Waals surface area (Å²) < 4.78 is 27.3. The first-order valence-corrected chi connectivity index (χ1v) is 5.92. The van der Waals surface area contributed by atoms with Crippen molar-refractivity contribution in [1.82, 2.24) is 4.31 Å². The Hall–Kier alpha value is -0.820. The summed E-state index contributed by atoms with van der Waals surface area (Å²) in [4.78, 5) is 10.8. The maximum Gasteiger partial charge on any atom is 0.423 e. The minimum absolute atomic E-state index is 0.0914. The predicted molar refractivity (Wildman–Crippen MR) is 52.6 cm³/mol. The summed E-state index contributed by atoms with van der Waals surface area (Å²) >= 11 is 0. The number of hydrogen-bond acceptors (Lipinski definition) is 4. The SMILES string of the molecule is CC(C)(C)C[C@@H]1COS(=O)(=O)N1C(=O)O. The summed E-state index contributed by atoms with van der Waals surface area (Å²) in [6.45, 7) is 5.65. The minimum atomic E-state index is -4.07. The van der Waals surface area contributed by atoms with E-state index in [0.717, 1.165) is 0 Å². The van der Waals surface area contributed by atoms with Crippen molar-refractivity contribution in [2.75, 3.05) is 6.61 Å². The number of carboxylic acid groups (broad SMARTS) is 1. The first kappa shape index (κ1) is 12.3. The van der Waals surface area contributed by atoms with Gasteiger partial charge in [-0.1, -0.05) is 20.8 Å². The number of amides is 1. The zero-order chi connectivity index (χ0) is 11.9. The van der Waals surface area contributed by atoms with Gasteiger partial charge in [0.2, 0.25) is 0 Å². The zero-order valence-corrected chi connectivity index (χ0v) is 9.74. The van der Waals surface area contributed by atoms with E-state index in [0.29, 0.717) is 10.7 Å². The van der Waals surface area contributed by atoms with Crippen molar-refractivity contribution in [3.63, 3.8) is 0 Å². The van der Waals surface area contributed by atoms with Gasteiger partial charge in [0, 0.05) is 0 Å². The van der Waals surface area contributed by atoms with Crippen LogP contribution in [0.3, 0.4) is 0 Å². The molecule has 0 unspecified atom stereocenters. The van der Waals surface area contributed by atoms with E-state index in [1.165, 1.54) is 0 Å². The van der Waals surface area contributed by atoms with Crippen LogP contribution in [0.2, 0.25) is 0 Å². The third kappa shape index (κ3) is 2.82. The zero-order valence-electron chi connectivity index (χ0n) is 8.93. The van der Waals surface area contributed by atoms with Gasteiger partial charge >= 0.3 is 16.4 Å². The van der Waals surface area contributed by atoms with Gasteiger partial charge in [0.05, 0.1) is 12.6 Å². The van der Waals surface area contributed by atoms with Gasteiger partial charge in [0.15, 0.2) is 0 Å². The van der Waals surface area contributed by atoms with Crippen molar-refractivity contribution in [3.8, 4) is 0 Å². The van der Waals surface area contributed by atoms with Crippen LogP contribution in [0.15, 0.2) is 0 Å². The fourth-order valence-corrected chi connectivity index (χ4v) is 2.71. The molecule has 6 nitrogen and oxygen atoms in total. The standard InChI is InChI=1S/C8H15NO5S/c1-8(2,3)4-6-5-14-15(12,13)9(6)7(10)11/h6H,4-5H2,1-3H3,(H,10,11)/t6-/m1/s1. The highest BCUT2D eigenvalue weighted by Crippen LogP contribution is 2.29. The van der Waals surface area contributed by atoms with Crippen LogP contribution in [0.5, 0.6) is 0 Å². The van der Waals surface area contributed by atoms with Crippen LogP contribution < -0.4 is 0 Å². The Balaban J connectivity index is 2.89. The van der Waals surface area contributed by atoms with Crippen molar-refractivity contribution >= 4 is 16.4 Å². The summed E-state index contributed by atoms with van der Waals surface area (Å²) in [6, 6.07) is -0.618. The van der Waals surface area contributed by atoms with Gasteiger partial charge in [0.25, 0.3) is 0 Å². The highest BCUT2D eigenvalue weighted by atomic mass is 32.2. The molecular weight excluding hydrogens is 222 g/mol. The van der Waals surface area contributed by atoms with Gasteiger partial charge in [-0.15, -0.1) is 0 Å². The van der Waals surface area contributed by atoms with Crippen LogP contribution in [0.4, 0.5) is 4.79 Å². The average Bonchev–Trinajstić information content (AvgIpc) is 2.22. The number of rotatable bonds is 1. The van der Waals surface area contributed by atoms with E-state index in [2.05, 4.69) is 4.18 Å². The molecule has 0 aromatic carbocycles. The quantitative estimate of drug-likeness (QED) is 0.736. The van der Waals surface area contributed by atoms with Crippen molar-refractivity contribution in [2.45, 2.75) is 33.2 Å². The molecule has 1 rings (SSSR count). The molecule has 1 N–H and O–H groups in total. The molecule has 1 atom stereocenters. The third-order valence-electron chi connectivity index (χ3n) is 2.02. The van der Waals surface area contributed by atoms with Crippen molar-refractivity contribution < 1.29 is 22.5 Å². The largest absolute Gasteiger partial charge is 0.464 e. The second kappa shape index (κ2) is 3.64. The Morgan fingerprint density at radius 2 is 2.07 bits per heavy atom. The van der Waals surface area contributed by atoms with Crippen molar-refractivity contribution in [1.29, 1.82) is 0 Å². The predicted octanol–water partition coefficient (Wildman–Crippen LogP) is 1.05. The van der Waals surface area contributed by atoms with Gasteiger partial charge in [-0.05, 0) is 11.8 Å². The second-order valence-electron chi connectivity index (χ2n) is 4.74. The maximum atomic E-state index is 11.2. The van der Waals surface area contributed by atoms with Crippen LogP contribution in [0, 0.1) is 5.41 Å². The molecular formula is C8H15NO5S. The average molecular weight is 237 g/mol. The summed E-state index contributed by atoms with van der Waals surface area (Å²) in [5.41, 5.74) is -0.151. The van der Waals surface area contributed by atoms with Crippen LogP contribution in [-0.4, -0.2) is 36.6 Å². The lowest BCUT2D eigenvalue weighted by atomic mass is 9.88. The Morgan fingerprint density at radius 3 is 2.47 bits per heavy atom. The maximum absolute atomic E-state index is 11.2. The lowest BCUT2D eigenvalue weighted by Gasteiger charge is -2.25. The molecule has 0 radical (unpaired) electrons. The molecule has 1 aliphatic heterocycles. The molecule has 0 bridgehead atoms. The molecule has 1 aliphatic rings. The fourth-order valence-electron chi connectivity index (χ4n) is 1.57. The summed E-state index contributed by atoms with van der Waals surface area (Å²) in [5.74, 6) is 0. The second-order valence-corrected chi connectivity index (χ2v) is 6.22. The minimum Gasteiger partial charge on any atom is -0.464 e. The van der Waals surface area contributed by atoms with Crippen LogP contribution in [0.25, 0.3) is 0 Å². The first-order valence-electron chi connectivity index (χ1n) is 4.55. The van der Waals surface area contributed by atoms with Gasteiger partial charge in [-0.2, -0.15) is 12.7 Å². The Morgan fingerprint density at radius 1 is 1.53 bits per heavy atom. The van der Waals surface area contributed by atoms with Gasteiger partial charge < -0.3 is 5.11 Å². The fraction of sp³-hybridized carbons (Fsp3) is 0.875. The lowest BCUT2D eigenvalue weighted by molar-refractivity contribution is 0.154. The normalized spacial score (nSPS) is 25.5. The number of nitrogens with zero attached hydrogens (tertiary/aromatic N) is 1. The van der Waals surface area contributed by atoms with Crippen molar-refractivity contribution in [2.24, 2.45) is 5.41 Å². The molecule has 1 fully saturated rings. The topological polar surface area (TPSA) is 83.9 Å². The van der Waals surface area contributed by atoms with E-state index in [-0.39, 0.29) is 12.0 Å². The first-order chi connectivity index (χ1) is 6.63. The molecule has 1 saturated heterocycles. The molecule has 0 spiro atoms. The Bertz CT molecular complexity index is 356. The van der Waals surface area contributed by atoms with E-state index in [1.807, 2.05) is 20.8 Å². The van der Waals surface area contributed by atoms with Gasteiger partial charge in [-0.25, -0.2) is 4.79 Å². The Kier molecular flexibility index (Phi) is 2.97. The monoisotopic (exact) mass is 237 g/mol. The number of carbonyl (C=O) groups is 1. The highest BCUT2D eigenvalue weighted by Gasteiger charge is 2.43. The summed E-state index contributed by atoms with van der Waals surface area (Å²) in [5, 5.41) is 8.78. The highest BCUT2D eigenvalue weighted by molar-refractivity contribution is 7.85. The van der Waals surface area contributed by atoms with Crippen LogP contribution in [0.1, 0.15) is 27.2 Å². The molecule has 88 valence electrons. The molecule has 0 saturated carbocycles. The molecule has 1 amide bonds. The lowest BCUT2D eigenvalue weighted by Crippen LogP contribution is -2.40. The van der Waals surface area contributed by atoms with E-state index in [9.17, 15) is 13.2 Å². The molecule has 0 aromatic heterocycles. The van der Waals surface area contributed by atoms with Crippen molar-refractivity contribution in [3.05, 3.63) is 0 Å². The molecule has 0 aromatic rings. The Labute approximate surface area is 89.1 Å². The van der Waals surface area contributed by atoms with Gasteiger partial charge in [0.1, 0.15) is 0 Å². The van der Waals surface area contributed by atoms with Gasteiger partial charge in [-0.3, -0.25) is 4.18 Å². The van der Waals surface area contributed by atoms with E-state index >= 15 is 0 Å². The van der Waals surface area contributed by atoms with E-state index in [1.54, 1.807) is 0 Å².